The standard InChI is InChI=1S/C15H22N6O/c1-11-19-20-14(21(11)3)10-18-15(16-2)17-9-12-5-7-13(22-4)8-6-12/h5-8H,9-10H2,1-4H3,(H2,16,17,18). The first-order chi connectivity index (χ1) is 10.6. The van der Waals surface area contributed by atoms with E-state index in [1.54, 1.807) is 14.2 Å². The lowest BCUT2D eigenvalue weighted by atomic mass is 10.2. The lowest BCUT2D eigenvalue weighted by Crippen LogP contribution is -2.36. The van der Waals surface area contributed by atoms with Crippen LogP contribution < -0.4 is 15.4 Å². The second-order valence-corrected chi connectivity index (χ2v) is 4.85. The molecular formula is C15H22N6O. The predicted molar refractivity (Wildman–Crippen MR) is 85.8 cm³/mol. The maximum Gasteiger partial charge on any atom is 0.191 e. The zero-order valence-corrected chi connectivity index (χ0v) is 13.4. The number of guanidine groups is 1. The molecule has 0 spiro atoms. The third-order valence-electron chi connectivity index (χ3n) is 3.44. The van der Waals surface area contributed by atoms with Crippen LogP contribution in [0.2, 0.25) is 0 Å². The quantitative estimate of drug-likeness (QED) is 0.636. The van der Waals surface area contributed by atoms with E-state index in [4.69, 9.17) is 4.74 Å². The highest BCUT2D eigenvalue weighted by atomic mass is 16.5. The molecule has 0 aliphatic carbocycles. The number of methoxy groups -OCH3 is 1. The molecule has 2 aromatic rings. The summed E-state index contributed by atoms with van der Waals surface area (Å²) in [5.74, 6) is 3.32. The summed E-state index contributed by atoms with van der Waals surface area (Å²) in [5.41, 5.74) is 1.15. The number of benzene rings is 1. The van der Waals surface area contributed by atoms with Crippen molar-refractivity contribution in [2.75, 3.05) is 14.2 Å². The average Bonchev–Trinajstić information content (AvgIpc) is 2.87. The summed E-state index contributed by atoms with van der Waals surface area (Å²) in [5, 5.41) is 14.6. The molecule has 0 atom stereocenters. The fraction of sp³-hybridized carbons (Fsp3) is 0.400. The molecule has 118 valence electrons. The number of hydrogen-bond donors (Lipinski definition) is 2. The smallest absolute Gasteiger partial charge is 0.191 e. The van der Waals surface area contributed by atoms with Crippen LogP contribution in [0.4, 0.5) is 0 Å². The SMILES string of the molecule is CN=C(NCc1ccc(OC)cc1)NCc1nnc(C)n1C. The van der Waals surface area contributed by atoms with E-state index in [0.717, 1.165) is 28.9 Å². The van der Waals surface area contributed by atoms with E-state index < -0.39 is 0 Å². The zero-order valence-electron chi connectivity index (χ0n) is 13.4. The van der Waals surface area contributed by atoms with Crippen LogP contribution in [-0.2, 0) is 20.1 Å². The molecule has 2 N–H and O–H groups in total. The number of nitrogens with one attached hydrogen (secondary N) is 2. The van der Waals surface area contributed by atoms with Crippen LogP contribution in [0.25, 0.3) is 0 Å². The van der Waals surface area contributed by atoms with E-state index in [9.17, 15) is 0 Å². The Morgan fingerprint density at radius 2 is 1.86 bits per heavy atom. The third kappa shape index (κ3) is 3.97. The van der Waals surface area contributed by atoms with Gasteiger partial charge < -0.3 is 19.9 Å². The van der Waals surface area contributed by atoms with Gasteiger partial charge in [0.15, 0.2) is 11.8 Å². The van der Waals surface area contributed by atoms with E-state index in [-0.39, 0.29) is 0 Å². The summed E-state index contributed by atoms with van der Waals surface area (Å²) >= 11 is 0. The fourth-order valence-electron chi connectivity index (χ4n) is 1.92. The Morgan fingerprint density at radius 1 is 1.18 bits per heavy atom. The number of ether oxygens (including phenoxy) is 1. The molecule has 0 amide bonds. The summed E-state index contributed by atoms with van der Waals surface area (Å²) in [7, 11) is 5.35. The normalized spacial score (nSPS) is 11.4. The molecule has 0 radical (unpaired) electrons. The van der Waals surface area contributed by atoms with Gasteiger partial charge in [-0.25, -0.2) is 0 Å². The van der Waals surface area contributed by atoms with Crippen molar-refractivity contribution >= 4 is 5.96 Å². The van der Waals surface area contributed by atoms with Crippen LogP contribution in [0.5, 0.6) is 5.75 Å². The van der Waals surface area contributed by atoms with Crippen molar-refractivity contribution in [3.63, 3.8) is 0 Å². The molecule has 1 heterocycles. The minimum absolute atomic E-state index is 0.569. The Bertz CT molecular complexity index is 632. The molecule has 0 aliphatic rings. The van der Waals surface area contributed by atoms with E-state index >= 15 is 0 Å². The number of aryl methyl sites for hydroxylation is 1. The van der Waals surface area contributed by atoms with Gasteiger partial charge in [-0.05, 0) is 24.6 Å². The van der Waals surface area contributed by atoms with Gasteiger partial charge in [-0.1, -0.05) is 12.1 Å². The van der Waals surface area contributed by atoms with E-state index in [1.807, 2.05) is 42.8 Å². The minimum atomic E-state index is 0.569. The van der Waals surface area contributed by atoms with Gasteiger partial charge in [0.2, 0.25) is 0 Å². The molecule has 0 fully saturated rings. The summed E-state index contributed by atoms with van der Waals surface area (Å²) in [6.07, 6.45) is 0. The number of aromatic nitrogens is 3. The molecule has 1 aromatic carbocycles. The number of hydrogen-bond acceptors (Lipinski definition) is 4. The van der Waals surface area contributed by atoms with Crippen LogP contribution in [-0.4, -0.2) is 34.9 Å². The number of aliphatic imine (C=N–C) groups is 1. The second-order valence-electron chi connectivity index (χ2n) is 4.85. The van der Waals surface area contributed by atoms with Crippen LogP contribution >= 0.6 is 0 Å². The van der Waals surface area contributed by atoms with Crippen LogP contribution in [0.1, 0.15) is 17.2 Å². The van der Waals surface area contributed by atoms with Gasteiger partial charge in [-0.15, -0.1) is 10.2 Å². The van der Waals surface area contributed by atoms with Crippen molar-refractivity contribution in [1.82, 2.24) is 25.4 Å². The van der Waals surface area contributed by atoms with E-state index in [2.05, 4.69) is 25.8 Å². The number of nitrogens with zero attached hydrogens (tertiary/aromatic N) is 4. The highest BCUT2D eigenvalue weighted by Crippen LogP contribution is 2.10. The Morgan fingerprint density at radius 3 is 2.41 bits per heavy atom. The van der Waals surface area contributed by atoms with Crippen LogP contribution in [0.15, 0.2) is 29.3 Å². The van der Waals surface area contributed by atoms with Gasteiger partial charge >= 0.3 is 0 Å². The van der Waals surface area contributed by atoms with Crippen molar-refractivity contribution in [3.05, 3.63) is 41.5 Å². The average molecular weight is 302 g/mol. The predicted octanol–water partition coefficient (Wildman–Crippen LogP) is 0.997. The molecular weight excluding hydrogens is 280 g/mol. The molecule has 22 heavy (non-hydrogen) atoms. The fourth-order valence-corrected chi connectivity index (χ4v) is 1.92. The Kier molecular flexibility index (Phi) is 5.35. The van der Waals surface area contributed by atoms with Gasteiger partial charge in [0, 0.05) is 20.6 Å². The largest absolute Gasteiger partial charge is 0.497 e. The molecule has 7 nitrogen and oxygen atoms in total. The first-order valence-corrected chi connectivity index (χ1v) is 7.06. The molecule has 7 heteroatoms. The molecule has 0 saturated heterocycles. The van der Waals surface area contributed by atoms with E-state index in [1.165, 1.54) is 0 Å². The Labute approximate surface area is 130 Å². The van der Waals surface area contributed by atoms with Crippen LogP contribution in [0.3, 0.4) is 0 Å². The Hall–Kier alpha value is -2.57. The topological polar surface area (TPSA) is 76.4 Å². The summed E-state index contributed by atoms with van der Waals surface area (Å²) in [6, 6.07) is 7.92. The maximum atomic E-state index is 5.15. The molecule has 0 aliphatic heterocycles. The lowest BCUT2D eigenvalue weighted by molar-refractivity contribution is 0.414. The molecule has 0 bridgehead atoms. The van der Waals surface area contributed by atoms with Crippen LogP contribution in [0, 0.1) is 6.92 Å². The zero-order chi connectivity index (χ0) is 15.9. The van der Waals surface area contributed by atoms with E-state index in [0.29, 0.717) is 13.1 Å². The minimum Gasteiger partial charge on any atom is -0.497 e. The monoisotopic (exact) mass is 302 g/mol. The van der Waals surface area contributed by atoms with Gasteiger partial charge in [0.1, 0.15) is 11.6 Å². The first-order valence-electron chi connectivity index (χ1n) is 7.06. The number of rotatable bonds is 5. The van der Waals surface area contributed by atoms with Crippen molar-refractivity contribution < 1.29 is 4.74 Å². The second kappa shape index (κ2) is 7.44. The van der Waals surface area contributed by atoms with Gasteiger partial charge in [0.05, 0.1) is 13.7 Å². The van der Waals surface area contributed by atoms with Gasteiger partial charge in [-0.2, -0.15) is 0 Å². The molecule has 0 saturated carbocycles. The molecule has 1 aromatic heterocycles. The lowest BCUT2D eigenvalue weighted by Gasteiger charge is -2.12. The Balaban J connectivity index is 1.85. The third-order valence-corrected chi connectivity index (χ3v) is 3.44. The van der Waals surface area contributed by atoms with Gasteiger partial charge in [0.25, 0.3) is 0 Å². The van der Waals surface area contributed by atoms with Gasteiger partial charge in [-0.3, -0.25) is 4.99 Å². The van der Waals surface area contributed by atoms with Crippen molar-refractivity contribution in [3.8, 4) is 5.75 Å². The van der Waals surface area contributed by atoms with Crippen molar-refractivity contribution in [2.45, 2.75) is 20.0 Å². The van der Waals surface area contributed by atoms with Crippen molar-refractivity contribution in [1.29, 1.82) is 0 Å². The summed E-state index contributed by atoms with van der Waals surface area (Å²) in [6.45, 7) is 3.17. The summed E-state index contributed by atoms with van der Waals surface area (Å²) in [4.78, 5) is 4.20. The highest BCUT2D eigenvalue weighted by Gasteiger charge is 2.05. The van der Waals surface area contributed by atoms with Crippen molar-refractivity contribution in [2.24, 2.45) is 12.0 Å². The maximum absolute atomic E-state index is 5.15. The first kappa shape index (κ1) is 15.8. The molecule has 2 rings (SSSR count). The molecule has 0 unspecified atom stereocenters. The summed E-state index contributed by atoms with van der Waals surface area (Å²) < 4.78 is 7.09. The highest BCUT2D eigenvalue weighted by molar-refractivity contribution is 5.79.